The van der Waals surface area contributed by atoms with Crippen LogP contribution in [0.25, 0.3) is 22.3 Å². The van der Waals surface area contributed by atoms with Crippen molar-refractivity contribution < 1.29 is 8.95 Å². The fourth-order valence-corrected chi connectivity index (χ4v) is 4.91. The first-order valence-corrected chi connectivity index (χ1v) is 11.8. The summed E-state index contributed by atoms with van der Waals surface area (Å²) in [4.78, 5) is 11.2. The van der Waals surface area contributed by atoms with Gasteiger partial charge in [-0.25, -0.2) is 18.5 Å². The average Bonchev–Trinajstić information content (AvgIpc) is 3.30. The van der Waals surface area contributed by atoms with Gasteiger partial charge < -0.3 is 9.64 Å². The van der Waals surface area contributed by atoms with Crippen LogP contribution in [0, 0.1) is 0 Å². The van der Waals surface area contributed by atoms with Crippen molar-refractivity contribution >= 4 is 27.7 Å². The van der Waals surface area contributed by atoms with Crippen LogP contribution in [0.2, 0.25) is 0 Å². The molecule has 1 saturated heterocycles. The number of anilines is 1. The van der Waals surface area contributed by atoms with Gasteiger partial charge in [-0.2, -0.15) is 5.10 Å². The molecule has 2 atom stereocenters. The quantitative estimate of drug-likeness (QED) is 0.675. The van der Waals surface area contributed by atoms with Crippen molar-refractivity contribution in [3.05, 3.63) is 30.6 Å². The number of piperazine rings is 1. The second kappa shape index (κ2) is 7.31. The SMILES string of the molecule is CC1CN(c2cc(-c3n[nH]c4ccc(OC5(C)CC5)cc34)ncn2)CCN1S(C)=O. The summed E-state index contributed by atoms with van der Waals surface area (Å²) in [5.41, 5.74) is 2.49. The van der Waals surface area contributed by atoms with Crippen LogP contribution in [-0.4, -0.2) is 66.2 Å². The van der Waals surface area contributed by atoms with Crippen LogP contribution in [0.3, 0.4) is 0 Å². The van der Waals surface area contributed by atoms with Gasteiger partial charge in [-0.1, -0.05) is 0 Å². The number of H-pyrrole nitrogens is 1. The number of nitrogens with zero attached hydrogens (tertiary/aromatic N) is 5. The van der Waals surface area contributed by atoms with Gasteiger partial charge in [0.25, 0.3) is 0 Å². The zero-order valence-corrected chi connectivity index (χ0v) is 18.3. The van der Waals surface area contributed by atoms with Crippen LogP contribution < -0.4 is 9.64 Å². The number of hydrogen-bond donors (Lipinski definition) is 1. The number of rotatable bonds is 5. The number of hydrogen-bond acceptors (Lipinski definition) is 6. The maximum Gasteiger partial charge on any atom is 0.132 e. The standard InChI is InChI=1S/C21H26N6O2S/c1-14-12-26(8-9-27(14)30(3)28)19-11-18(22-13-23-19)20-16-10-15(29-21(2)6-7-21)4-5-17(16)24-25-20/h4-5,10-11,13-14H,6-9,12H2,1-3H3,(H,24,25). The second-order valence-electron chi connectivity index (χ2n) is 8.45. The van der Waals surface area contributed by atoms with Gasteiger partial charge in [0.05, 0.1) is 22.2 Å². The molecular formula is C21H26N6O2S. The molecule has 2 aromatic heterocycles. The Labute approximate surface area is 178 Å². The van der Waals surface area contributed by atoms with Gasteiger partial charge in [0.1, 0.15) is 29.2 Å². The van der Waals surface area contributed by atoms with E-state index < -0.39 is 11.0 Å². The summed E-state index contributed by atoms with van der Waals surface area (Å²) >= 11 is 0. The van der Waals surface area contributed by atoms with E-state index >= 15 is 0 Å². The maximum atomic E-state index is 11.9. The fourth-order valence-electron chi connectivity index (χ4n) is 3.99. The smallest absolute Gasteiger partial charge is 0.132 e. The predicted molar refractivity (Wildman–Crippen MR) is 118 cm³/mol. The van der Waals surface area contributed by atoms with E-state index in [4.69, 9.17) is 4.74 Å². The molecule has 0 radical (unpaired) electrons. The van der Waals surface area contributed by atoms with E-state index in [0.29, 0.717) is 0 Å². The van der Waals surface area contributed by atoms with Crippen LogP contribution in [0.1, 0.15) is 26.7 Å². The minimum absolute atomic E-state index is 0.0271. The minimum Gasteiger partial charge on any atom is -0.488 e. The van der Waals surface area contributed by atoms with Crippen LogP contribution >= 0.6 is 0 Å². The van der Waals surface area contributed by atoms with Crippen LogP contribution in [-0.2, 0) is 11.0 Å². The van der Waals surface area contributed by atoms with Crippen molar-refractivity contribution in [2.45, 2.75) is 38.3 Å². The Morgan fingerprint density at radius 3 is 2.80 bits per heavy atom. The summed E-state index contributed by atoms with van der Waals surface area (Å²) in [6.45, 7) is 6.53. The molecule has 3 aromatic rings. The van der Waals surface area contributed by atoms with Gasteiger partial charge in [-0.05, 0) is 44.9 Å². The van der Waals surface area contributed by atoms with Crippen LogP contribution in [0.4, 0.5) is 5.82 Å². The third-order valence-corrected chi connectivity index (χ3v) is 7.17. The van der Waals surface area contributed by atoms with Crippen LogP contribution in [0.15, 0.2) is 30.6 Å². The first-order valence-electron chi connectivity index (χ1n) is 10.3. The third-order valence-electron chi connectivity index (χ3n) is 5.97. The molecule has 1 N–H and O–H groups in total. The lowest BCUT2D eigenvalue weighted by Crippen LogP contribution is -2.52. The molecule has 30 heavy (non-hydrogen) atoms. The number of nitrogens with one attached hydrogen (secondary N) is 1. The molecule has 0 amide bonds. The minimum atomic E-state index is -0.955. The van der Waals surface area contributed by atoms with Crippen molar-refractivity contribution in [2.75, 3.05) is 30.8 Å². The molecule has 2 unspecified atom stereocenters. The fraction of sp³-hybridized carbons (Fsp3) is 0.476. The van der Waals surface area contributed by atoms with Gasteiger partial charge in [0.2, 0.25) is 0 Å². The molecule has 0 bridgehead atoms. The number of ether oxygens (including phenoxy) is 1. The molecular weight excluding hydrogens is 400 g/mol. The van der Waals surface area contributed by atoms with Crippen molar-refractivity contribution in [3.63, 3.8) is 0 Å². The Bertz CT molecular complexity index is 1110. The Kier molecular flexibility index (Phi) is 4.74. The summed E-state index contributed by atoms with van der Waals surface area (Å²) in [6.07, 6.45) is 5.51. The van der Waals surface area contributed by atoms with E-state index in [1.807, 2.05) is 28.6 Å². The van der Waals surface area contributed by atoms with Crippen molar-refractivity contribution in [2.24, 2.45) is 0 Å². The number of aromatic nitrogens is 4. The zero-order valence-electron chi connectivity index (χ0n) is 17.5. The van der Waals surface area contributed by atoms with E-state index in [1.54, 1.807) is 12.6 Å². The molecule has 1 aromatic carbocycles. The summed E-state index contributed by atoms with van der Waals surface area (Å²) in [5, 5.41) is 8.60. The lowest BCUT2D eigenvalue weighted by molar-refractivity contribution is 0.200. The number of aromatic amines is 1. The monoisotopic (exact) mass is 426 g/mol. The number of fused-ring (bicyclic) bond motifs is 1. The molecule has 1 saturated carbocycles. The van der Waals surface area contributed by atoms with E-state index in [-0.39, 0.29) is 11.6 Å². The first-order chi connectivity index (χ1) is 14.4. The van der Waals surface area contributed by atoms with E-state index in [2.05, 4.69) is 38.9 Å². The highest BCUT2D eigenvalue weighted by Crippen LogP contribution is 2.40. The Balaban J connectivity index is 1.43. The van der Waals surface area contributed by atoms with Gasteiger partial charge in [-0.15, -0.1) is 0 Å². The molecule has 1 aliphatic carbocycles. The zero-order chi connectivity index (χ0) is 20.9. The molecule has 9 heteroatoms. The maximum absolute atomic E-state index is 11.9. The molecule has 5 rings (SSSR count). The highest BCUT2D eigenvalue weighted by atomic mass is 32.2. The second-order valence-corrected chi connectivity index (χ2v) is 9.77. The third kappa shape index (κ3) is 3.67. The van der Waals surface area contributed by atoms with E-state index in [9.17, 15) is 4.21 Å². The van der Waals surface area contributed by atoms with Gasteiger partial charge in [0, 0.05) is 43.4 Å². The van der Waals surface area contributed by atoms with Crippen molar-refractivity contribution in [3.8, 4) is 17.1 Å². The lowest BCUT2D eigenvalue weighted by atomic mass is 10.1. The molecule has 2 fully saturated rings. The van der Waals surface area contributed by atoms with E-state index in [0.717, 1.165) is 66.3 Å². The Hall–Kier alpha value is -2.52. The molecule has 1 aliphatic heterocycles. The van der Waals surface area contributed by atoms with Crippen molar-refractivity contribution in [1.82, 2.24) is 24.5 Å². The summed E-state index contributed by atoms with van der Waals surface area (Å²) in [5.74, 6) is 1.72. The van der Waals surface area contributed by atoms with E-state index in [1.165, 1.54) is 0 Å². The normalized spacial score (nSPS) is 22.2. The van der Waals surface area contributed by atoms with Crippen LogP contribution in [0.5, 0.6) is 5.75 Å². The average molecular weight is 427 g/mol. The highest BCUT2D eigenvalue weighted by Gasteiger charge is 2.40. The first kappa shape index (κ1) is 19.4. The molecule has 3 heterocycles. The summed E-state index contributed by atoms with van der Waals surface area (Å²) < 4.78 is 20.0. The van der Waals surface area contributed by atoms with Gasteiger partial charge in [0.15, 0.2) is 0 Å². The lowest BCUT2D eigenvalue weighted by Gasteiger charge is -2.38. The predicted octanol–water partition coefficient (Wildman–Crippen LogP) is 2.76. The molecule has 0 spiro atoms. The molecule has 2 aliphatic rings. The molecule has 158 valence electrons. The largest absolute Gasteiger partial charge is 0.488 e. The Morgan fingerprint density at radius 2 is 2.07 bits per heavy atom. The summed E-state index contributed by atoms with van der Waals surface area (Å²) in [7, 11) is -0.955. The summed E-state index contributed by atoms with van der Waals surface area (Å²) in [6, 6.07) is 8.20. The Morgan fingerprint density at radius 1 is 1.23 bits per heavy atom. The van der Waals surface area contributed by atoms with Gasteiger partial charge >= 0.3 is 0 Å². The topological polar surface area (TPSA) is 87.2 Å². The molecule has 8 nitrogen and oxygen atoms in total. The van der Waals surface area contributed by atoms with Crippen molar-refractivity contribution in [1.29, 1.82) is 0 Å². The highest BCUT2D eigenvalue weighted by molar-refractivity contribution is 7.81. The van der Waals surface area contributed by atoms with Gasteiger partial charge in [-0.3, -0.25) is 5.10 Å². The number of benzene rings is 1.